The first kappa shape index (κ1) is 19.0. The minimum atomic E-state index is -1.12. The quantitative estimate of drug-likeness (QED) is 0.617. The molecule has 0 fully saturated rings. The fourth-order valence-corrected chi connectivity index (χ4v) is 3.31. The Morgan fingerprint density at radius 3 is 2.07 bits per heavy atom. The highest BCUT2D eigenvalue weighted by molar-refractivity contribution is 6.35. The van der Waals surface area contributed by atoms with E-state index >= 15 is 0 Å². The molecule has 0 radical (unpaired) electrons. The van der Waals surface area contributed by atoms with Gasteiger partial charge in [-0.05, 0) is 41.5 Å². The maximum absolute atomic E-state index is 12.9. The van der Waals surface area contributed by atoms with E-state index in [4.69, 9.17) is 23.2 Å². The average molecular weight is 400 g/mol. The summed E-state index contributed by atoms with van der Waals surface area (Å²) in [7, 11) is 1.52. The van der Waals surface area contributed by atoms with Gasteiger partial charge in [0.2, 0.25) is 0 Å². The van der Waals surface area contributed by atoms with Gasteiger partial charge in [-0.2, -0.15) is 0 Å². The number of hydrogen-bond acceptors (Lipinski definition) is 2. The van der Waals surface area contributed by atoms with Gasteiger partial charge in [0, 0.05) is 22.7 Å². The van der Waals surface area contributed by atoms with Crippen LogP contribution < -0.4 is 4.90 Å². The second-order valence-electron chi connectivity index (χ2n) is 5.93. The lowest BCUT2D eigenvalue weighted by molar-refractivity contribution is 0.0697. The van der Waals surface area contributed by atoms with Gasteiger partial charge >= 0.3 is 5.97 Å². The summed E-state index contributed by atoms with van der Waals surface area (Å²) in [6.45, 7) is 0. The van der Waals surface area contributed by atoms with E-state index < -0.39 is 11.9 Å². The third-order valence-electron chi connectivity index (χ3n) is 4.11. The van der Waals surface area contributed by atoms with Gasteiger partial charge in [0.15, 0.2) is 0 Å². The summed E-state index contributed by atoms with van der Waals surface area (Å²) >= 11 is 12.0. The Bertz CT molecular complexity index is 999. The van der Waals surface area contributed by atoms with Crippen LogP contribution >= 0.6 is 23.2 Å². The Labute approximate surface area is 166 Å². The van der Waals surface area contributed by atoms with Crippen LogP contribution in [0.2, 0.25) is 10.0 Å². The third-order valence-corrected chi connectivity index (χ3v) is 4.55. The molecular formula is C21H15Cl2NO3. The van der Waals surface area contributed by atoms with Crippen LogP contribution in [0.5, 0.6) is 0 Å². The van der Waals surface area contributed by atoms with Crippen LogP contribution in [0.4, 0.5) is 5.69 Å². The fourth-order valence-electron chi connectivity index (χ4n) is 2.78. The second kappa shape index (κ2) is 7.82. The number of carbonyl (C=O) groups excluding carboxylic acids is 1. The zero-order valence-electron chi connectivity index (χ0n) is 14.3. The van der Waals surface area contributed by atoms with Crippen LogP contribution in [0, 0.1) is 0 Å². The number of benzene rings is 3. The van der Waals surface area contributed by atoms with E-state index in [1.54, 1.807) is 12.1 Å². The van der Waals surface area contributed by atoms with Crippen molar-refractivity contribution in [3.05, 3.63) is 87.9 Å². The van der Waals surface area contributed by atoms with Crippen LogP contribution in [-0.2, 0) is 0 Å². The molecule has 0 saturated carbocycles. The van der Waals surface area contributed by atoms with Crippen molar-refractivity contribution < 1.29 is 14.7 Å². The molecule has 3 rings (SSSR count). The predicted octanol–water partition coefficient (Wildman–Crippen LogP) is 5.64. The third kappa shape index (κ3) is 4.13. The summed E-state index contributed by atoms with van der Waals surface area (Å²) < 4.78 is 0. The minimum absolute atomic E-state index is 0.0265. The van der Waals surface area contributed by atoms with Crippen molar-refractivity contribution >= 4 is 40.8 Å². The Kier molecular flexibility index (Phi) is 5.49. The van der Waals surface area contributed by atoms with Crippen LogP contribution in [0.25, 0.3) is 11.1 Å². The predicted molar refractivity (Wildman–Crippen MR) is 108 cm³/mol. The SMILES string of the molecule is CN(C(=O)c1cc(Cl)cc(Cl)c1)c1cc(-c2ccccc2)ccc1C(=O)O. The van der Waals surface area contributed by atoms with Crippen LogP contribution in [0.3, 0.4) is 0 Å². The number of carboxylic acids is 1. The van der Waals surface area contributed by atoms with Crippen molar-refractivity contribution in [2.75, 3.05) is 11.9 Å². The first-order valence-corrected chi connectivity index (χ1v) is 8.79. The van der Waals surface area contributed by atoms with E-state index in [1.807, 2.05) is 30.3 Å². The van der Waals surface area contributed by atoms with Crippen molar-refractivity contribution in [2.24, 2.45) is 0 Å². The van der Waals surface area contributed by atoms with Gasteiger partial charge in [0.25, 0.3) is 5.91 Å². The Morgan fingerprint density at radius 2 is 1.48 bits per heavy atom. The minimum Gasteiger partial charge on any atom is -0.478 e. The molecule has 0 aromatic heterocycles. The highest BCUT2D eigenvalue weighted by Crippen LogP contribution is 2.29. The topological polar surface area (TPSA) is 57.6 Å². The Balaban J connectivity index is 2.07. The molecule has 27 heavy (non-hydrogen) atoms. The number of carboxylic acid groups (broad SMARTS) is 1. The smallest absolute Gasteiger partial charge is 0.337 e. The average Bonchev–Trinajstić information content (AvgIpc) is 2.66. The van der Waals surface area contributed by atoms with Gasteiger partial charge in [-0.3, -0.25) is 4.79 Å². The lowest BCUT2D eigenvalue weighted by Gasteiger charge is -2.21. The Hall–Kier alpha value is -2.82. The molecule has 4 nitrogen and oxygen atoms in total. The van der Waals surface area contributed by atoms with E-state index in [0.29, 0.717) is 10.0 Å². The van der Waals surface area contributed by atoms with Gasteiger partial charge in [-0.25, -0.2) is 4.79 Å². The van der Waals surface area contributed by atoms with Crippen molar-refractivity contribution in [1.29, 1.82) is 0 Å². The lowest BCUT2D eigenvalue weighted by Crippen LogP contribution is -2.28. The van der Waals surface area contributed by atoms with Crippen LogP contribution in [0.15, 0.2) is 66.7 Å². The van der Waals surface area contributed by atoms with Gasteiger partial charge in [-0.1, -0.05) is 59.6 Å². The molecule has 1 N–H and O–H groups in total. The molecular weight excluding hydrogens is 385 g/mol. The first-order chi connectivity index (χ1) is 12.9. The summed E-state index contributed by atoms with van der Waals surface area (Å²) in [4.78, 5) is 25.8. The number of hydrogen-bond donors (Lipinski definition) is 1. The number of halogens is 2. The summed E-state index contributed by atoms with van der Waals surface area (Å²) in [5, 5.41) is 10.2. The van der Waals surface area contributed by atoms with Crippen LogP contribution in [-0.4, -0.2) is 24.0 Å². The maximum atomic E-state index is 12.9. The van der Waals surface area contributed by atoms with Crippen molar-refractivity contribution in [2.45, 2.75) is 0 Å². The van der Waals surface area contributed by atoms with Crippen molar-refractivity contribution in [1.82, 2.24) is 0 Å². The second-order valence-corrected chi connectivity index (χ2v) is 6.80. The molecule has 0 heterocycles. The maximum Gasteiger partial charge on any atom is 0.337 e. The van der Waals surface area contributed by atoms with E-state index in [9.17, 15) is 14.7 Å². The normalized spacial score (nSPS) is 10.5. The van der Waals surface area contributed by atoms with E-state index in [-0.39, 0.29) is 16.8 Å². The summed E-state index contributed by atoms with van der Waals surface area (Å²) in [6, 6.07) is 18.9. The van der Waals surface area contributed by atoms with E-state index in [2.05, 4.69) is 0 Å². The summed E-state index contributed by atoms with van der Waals surface area (Å²) in [6.07, 6.45) is 0. The Morgan fingerprint density at radius 1 is 0.852 bits per heavy atom. The number of rotatable bonds is 4. The number of amides is 1. The van der Waals surface area contributed by atoms with Gasteiger partial charge < -0.3 is 10.0 Å². The molecule has 0 aliphatic carbocycles. The molecule has 0 spiro atoms. The number of anilines is 1. The molecule has 6 heteroatoms. The largest absolute Gasteiger partial charge is 0.478 e. The molecule has 3 aromatic rings. The van der Waals surface area contributed by atoms with Crippen molar-refractivity contribution in [3.63, 3.8) is 0 Å². The lowest BCUT2D eigenvalue weighted by atomic mass is 10.0. The van der Waals surface area contributed by atoms with Crippen molar-refractivity contribution in [3.8, 4) is 11.1 Å². The first-order valence-electron chi connectivity index (χ1n) is 8.04. The molecule has 1 amide bonds. The standard InChI is InChI=1S/C21H15Cl2NO3/c1-24(20(25)15-9-16(22)12-17(23)10-15)19-11-14(7-8-18(19)21(26)27)13-5-3-2-4-6-13/h2-12H,1H3,(H,26,27). The number of carbonyl (C=O) groups is 2. The van der Waals surface area contributed by atoms with E-state index in [1.165, 1.54) is 36.2 Å². The molecule has 0 unspecified atom stereocenters. The molecule has 0 atom stereocenters. The highest BCUT2D eigenvalue weighted by Gasteiger charge is 2.21. The van der Waals surface area contributed by atoms with E-state index in [0.717, 1.165) is 11.1 Å². The number of nitrogens with zero attached hydrogens (tertiary/aromatic N) is 1. The van der Waals surface area contributed by atoms with Gasteiger partial charge in [0.05, 0.1) is 11.3 Å². The molecule has 0 saturated heterocycles. The molecule has 0 bridgehead atoms. The fraction of sp³-hybridized carbons (Fsp3) is 0.0476. The molecule has 136 valence electrons. The zero-order valence-corrected chi connectivity index (χ0v) is 15.8. The highest BCUT2D eigenvalue weighted by atomic mass is 35.5. The van der Waals surface area contributed by atoms with Crippen LogP contribution in [0.1, 0.15) is 20.7 Å². The summed E-state index contributed by atoms with van der Waals surface area (Å²) in [5.41, 5.74) is 2.31. The van der Waals surface area contributed by atoms with Gasteiger partial charge in [-0.15, -0.1) is 0 Å². The zero-order chi connectivity index (χ0) is 19.6. The monoisotopic (exact) mass is 399 g/mol. The molecule has 3 aromatic carbocycles. The summed E-state index contributed by atoms with van der Waals surface area (Å²) in [5.74, 6) is -1.53. The number of aromatic carboxylic acids is 1. The molecule has 0 aliphatic heterocycles. The van der Waals surface area contributed by atoms with Gasteiger partial charge in [0.1, 0.15) is 0 Å². The molecule has 0 aliphatic rings.